The van der Waals surface area contributed by atoms with Gasteiger partial charge in [-0.1, -0.05) is 35.6 Å². The number of amides is 1. The van der Waals surface area contributed by atoms with Gasteiger partial charge in [0.05, 0.1) is 36.6 Å². The van der Waals surface area contributed by atoms with Crippen LogP contribution in [0.15, 0.2) is 59.6 Å². The molecule has 4 aromatic rings. The number of carbonyl (C=O) groups excluding carboxylic acids is 2. The molecule has 3 aromatic carbocycles. The Morgan fingerprint density at radius 1 is 1.00 bits per heavy atom. The van der Waals surface area contributed by atoms with Crippen molar-refractivity contribution in [1.82, 2.24) is 4.57 Å². The molecular formula is C24H22N2O5S. The first kappa shape index (κ1) is 21.6. The van der Waals surface area contributed by atoms with E-state index in [0.29, 0.717) is 21.9 Å². The topological polar surface area (TPSA) is 79.1 Å². The van der Waals surface area contributed by atoms with E-state index in [-0.39, 0.29) is 13.2 Å². The predicted molar refractivity (Wildman–Crippen MR) is 123 cm³/mol. The monoisotopic (exact) mass is 450 g/mol. The summed E-state index contributed by atoms with van der Waals surface area (Å²) in [5.41, 5.74) is 1.12. The molecule has 0 atom stereocenters. The zero-order chi connectivity index (χ0) is 22.7. The van der Waals surface area contributed by atoms with Gasteiger partial charge in [-0.3, -0.25) is 9.59 Å². The van der Waals surface area contributed by atoms with E-state index in [9.17, 15) is 9.59 Å². The van der Waals surface area contributed by atoms with Crippen LogP contribution in [0.5, 0.6) is 11.5 Å². The van der Waals surface area contributed by atoms with Crippen LogP contribution >= 0.6 is 11.3 Å². The number of ether oxygens (including phenoxy) is 3. The number of carbonyl (C=O) groups is 2. The number of hydrogen-bond acceptors (Lipinski definition) is 6. The van der Waals surface area contributed by atoms with Gasteiger partial charge in [0.25, 0.3) is 5.91 Å². The van der Waals surface area contributed by atoms with E-state index in [4.69, 9.17) is 14.2 Å². The van der Waals surface area contributed by atoms with Crippen LogP contribution in [0.1, 0.15) is 17.3 Å². The summed E-state index contributed by atoms with van der Waals surface area (Å²) >= 11 is 1.30. The zero-order valence-corrected chi connectivity index (χ0v) is 18.8. The number of hydrogen-bond donors (Lipinski definition) is 0. The molecule has 0 aliphatic heterocycles. The molecular weight excluding hydrogens is 428 g/mol. The second kappa shape index (κ2) is 9.23. The molecule has 0 aliphatic carbocycles. The minimum absolute atomic E-state index is 0.0544. The summed E-state index contributed by atoms with van der Waals surface area (Å²) in [6.07, 6.45) is 0. The number of esters is 1. The third-order valence-corrected chi connectivity index (χ3v) is 6.02. The van der Waals surface area contributed by atoms with E-state index < -0.39 is 11.9 Å². The Kier molecular flexibility index (Phi) is 6.23. The van der Waals surface area contributed by atoms with Crippen molar-refractivity contribution in [3.05, 3.63) is 65.0 Å². The maximum Gasteiger partial charge on any atom is 0.326 e. The van der Waals surface area contributed by atoms with Crippen molar-refractivity contribution >= 4 is 44.2 Å². The van der Waals surface area contributed by atoms with Crippen LogP contribution in [0, 0.1) is 0 Å². The molecule has 0 saturated heterocycles. The molecule has 8 heteroatoms. The predicted octanol–water partition coefficient (Wildman–Crippen LogP) is 4.18. The smallest absolute Gasteiger partial charge is 0.326 e. The molecule has 0 N–H and O–H groups in total. The second-order valence-electron chi connectivity index (χ2n) is 6.93. The Labute approximate surface area is 188 Å². The average molecular weight is 451 g/mol. The molecule has 0 spiro atoms. The van der Waals surface area contributed by atoms with Crippen molar-refractivity contribution in [2.24, 2.45) is 4.99 Å². The van der Waals surface area contributed by atoms with Crippen LogP contribution in [-0.2, 0) is 16.1 Å². The zero-order valence-electron chi connectivity index (χ0n) is 18.0. The van der Waals surface area contributed by atoms with Crippen molar-refractivity contribution in [3.8, 4) is 11.5 Å². The molecule has 1 heterocycles. The molecule has 0 radical (unpaired) electrons. The maximum atomic E-state index is 13.2. The van der Waals surface area contributed by atoms with E-state index in [2.05, 4.69) is 4.99 Å². The number of thiazole rings is 1. The average Bonchev–Trinajstić information content (AvgIpc) is 3.13. The lowest BCUT2D eigenvalue weighted by Crippen LogP contribution is -2.23. The Balaban J connectivity index is 1.86. The van der Waals surface area contributed by atoms with Crippen LogP contribution < -0.4 is 14.3 Å². The molecule has 0 bridgehead atoms. The molecule has 1 aromatic heterocycles. The fourth-order valence-electron chi connectivity index (χ4n) is 3.46. The first-order chi connectivity index (χ1) is 15.5. The summed E-state index contributed by atoms with van der Waals surface area (Å²) in [4.78, 5) is 30.2. The van der Waals surface area contributed by atoms with Gasteiger partial charge < -0.3 is 18.8 Å². The lowest BCUT2D eigenvalue weighted by molar-refractivity contribution is -0.143. The molecule has 0 saturated carbocycles. The fraction of sp³-hybridized carbons (Fsp3) is 0.208. The van der Waals surface area contributed by atoms with Crippen LogP contribution in [0.3, 0.4) is 0 Å². The van der Waals surface area contributed by atoms with Gasteiger partial charge in [0.1, 0.15) is 18.0 Å². The molecule has 0 unspecified atom stereocenters. The van der Waals surface area contributed by atoms with Gasteiger partial charge in [-0.05, 0) is 48.0 Å². The van der Waals surface area contributed by atoms with Crippen molar-refractivity contribution < 1.29 is 23.8 Å². The highest BCUT2D eigenvalue weighted by Gasteiger charge is 2.16. The minimum atomic E-state index is -0.455. The highest BCUT2D eigenvalue weighted by atomic mass is 32.1. The lowest BCUT2D eigenvalue weighted by Gasteiger charge is -2.08. The Morgan fingerprint density at radius 3 is 2.44 bits per heavy atom. The Bertz CT molecular complexity index is 1390. The summed E-state index contributed by atoms with van der Waals surface area (Å²) in [5.74, 6) is 0.261. The molecule has 1 amide bonds. The van der Waals surface area contributed by atoms with Gasteiger partial charge in [-0.25, -0.2) is 0 Å². The highest BCUT2D eigenvalue weighted by Crippen LogP contribution is 2.27. The van der Waals surface area contributed by atoms with Crippen LogP contribution in [-0.4, -0.2) is 37.3 Å². The van der Waals surface area contributed by atoms with Crippen LogP contribution in [0.25, 0.3) is 21.0 Å². The van der Waals surface area contributed by atoms with Crippen molar-refractivity contribution in [2.75, 3.05) is 20.8 Å². The SMILES string of the molecule is CCOC(=O)Cn1c(=NC(=O)c2cc3ccccc3cc2OC)sc2cc(OC)ccc21. The van der Waals surface area contributed by atoms with Crippen molar-refractivity contribution in [1.29, 1.82) is 0 Å². The summed E-state index contributed by atoms with van der Waals surface area (Å²) in [6.45, 7) is 1.97. The molecule has 4 rings (SSSR count). The number of methoxy groups -OCH3 is 2. The molecule has 7 nitrogen and oxygen atoms in total. The largest absolute Gasteiger partial charge is 0.497 e. The van der Waals surface area contributed by atoms with E-state index in [1.54, 1.807) is 30.7 Å². The summed E-state index contributed by atoms with van der Waals surface area (Å²) < 4.78 is 18.4. The quantitative estimate of drug-likeness (QED) is 0.412. The van der Waals surface area contributed by atoms with Gasteiger partial charge in [-0.15, -0.1) is 0 Å². The van der Waals surface area contributed by atoms with Gasteiger partial charge in [0, 0.05) is 0 Å². The third kappa shape index (κ3) is 4.22. The summed E-state index contributed by atoms with van der Waals surface area (Å²) in [7, 11) is 3.11. The highest BCUT2D eigenvalue weighted by molar-refractivity contribution is 7.16. The molecule has 164 valence electrons. The molecule has 0 aliphatic rings. The third-order valence-electron chi connectivity index (χ3n) is 4.98. The number of aromatic nitrogens is 1. The van der Waals surface area contributed by atoms with Gasteiger partial charge >= 0.3 is 5.97 Å². The first-order valence-electron chi connectivity index (χ1n) is 10.0. The summed E-state index contributed by atoms with van der Waals surface area (Å²) in [6, 6.07) is 16.8. The van der Waals surface area contributed by atoms with Crippen LogP contribution in [0.4, 0.5) is 0 Å². The van der Waals surface area contributed by atoms with Gasteiger partial charge in [0.2, 0.25) is 0 Å². The number of rotatable bonds is 6. The fourth-order valence-corrected chi connectivity index (χ4v) is 4.51. The number of benzene rings is 3. The lowest BCUT2D eigenvalue weighted by atomic mass is 10.1. The van der Waals surface area contributed by atoms with Crippen LogP contribution in [0.2, 0.25) is 0 Å². The minimum Gasteiger partial charge on any atom is -0.497 e. The van der Waals surface area contributed by atoms with Gasteiger partial charge in [0.15, 0.2) is 4.80 Å². The van der Waals surface area contributed by atoms with Gasteiger partial charge in [-0.2, -0.15) is 4.99 Å². The molecule has 32 heavy (non-hydrogen) atoms. The molecule has 0 fully saturated rings. The van der Waals surface area contributed by atoms with E-state index in [0.717, 1.165) is 21.0 Å². The summed E-state index contributed by atoms with van der Waals surface area (Å²) in [5, 5.41) is 1.87. The van der Waals surface area contributed by atoms with E-state index >= 15 is 0 Å². The first-order valence-corrected chi connectivity index (χ1v) is 10.8. The standard InChI is InChI=1S/C24H22N2O5S/c1-4-31-22(27)14-26-19-10-9-17(29-2)13-21(19)32-24(26)25-23(28)18-11-15-7-5-6-8-16(15)12-20(18)30-3/h5-13H,4,14H2,1-3H3. The Hall–Kier alpha value is -3.65. The maximum absolute atomic E-state index is 13.2. The van der Waals surface area contributed by atoms with E-state index in [1.807, 2.05) is 42.5 Å². The van der Waals surface area contributed by atoms with Crippen molar-refractivity contribution in [3.63, 3.8) is 0 Å². The normalized spacial score (nSPS) is 11.7. The number of nitrogens with zero attached hydrogens (tertiary/aromatic N) is 2. The van der Waals surface area contributed by atoms with Crippen molar-refractivity contribution in [2.45, 2.75) is 13.5 Å². The van der Waals surface area contributed by atoms with E-state index in [1.165, 1.54) is 18.4 Å². The Morgan fingerprint density at radius 2 is 1.75 bits per heavy atom. The second-order valence-corrected chi connectivity index (χ2v) is 7.94. The number of fused-ring (bicyclic) bond motifs is 2.